The van der Waals surface area contributed by atoms with E-state index in [4.69, 9.17) is 14.9 Å². The Balaban J connectivity index is 3.10. The summed E-state index contributed by atoms with van der Waals surface area (Å²) in [6.07, 6.45) is 10.2. The first kappa shape index (κ1) is 14.5. The number of hydrogen-bond donors (Lipinski definition) is 2. The Morgan fingerprint density at radius 1 is 1.20 bits per heavy atom. The lowest BCUT2D eigenvalue weighted by Gasteiger charge is -2.05. The van der Waals surface area contributed by atoms with Crippen molar-refractivity contribution in [2.75, 3.05) is 13.2 Å². The molecule has 0 fully saturated rings. The molecule has 0 bridgehead atoms. The van der Waals surface area contributed by atoms with Gasteiger partial charge in [-0.05, 0) is 18.9 Å². The summed E-state index contributed by atoms with van der Waals surface area (Å²) >= 11 is 0. The number of aliphatic hydroxyl groups is 2. The highest BCUT2D eigenvalue weighted by molar-refractivity contribution is 4.73. The summed E-state index contributed by atoms with van der Waals surface area (Å²) < 4.78 is 5.02. The molecule has 1 atom stereocenters. The van der Waals surface area contributed by atoms with Gasteiger partial charge in [-0.1, -0.05) is 32.6 Å². The molecule has 3 nitrogen and oxygen atoms in total. The van der Waals surface area contributed by atoms with Crippen LogP contribution in [0.15, 0.2) is 12.3 Å². The molecule has 0 aromatic heterocycles. The van der Waals surface area contributed by atoms with Crippen molar-refractivity contribution in [1.29, 1.82) is 0 Å². The third kappa shape index (κ3) is 11.4. The van der Waals surface area contributed by atoms with Gasteiger partial charge in [-0.15, -0.1) is 0 Å². The molecule has 0 saturated heterocycles. The number of rotatable bonds is 10. The average Bonchev–Trinajstić information content (AvgIpc) is 2.26. The largest absolute Gasteiger partial charge is 0.499 e. The highest BCUT2D eigenvalue weighted by atomic mass is 16.5. The molecule has 0 heterocycles. The maximum absolute atomic E-state index is 8.95. The number of hydrogen-bond acceptors (Lipinski definition) is 3. The molecule has 0 aliphatic heterocycles. The highest BCUT2D eigenvalue weighted by Gasteiger charge is 1.98. The van der Waals surface area contributed by atoms with E-state index in [-0.39, 0.29) is 13.2 Å². The molecule has 0 amide bonds. The monoisotopic (exact) mass is 216 g/mol. The van der Waals surface area contributed by atoms with E-state index in [9.17, 15) is 0 Å². The standard InChI is InChI=1S/C12H24O3/c1-2-3-4-5-6-7-8-9-15-11-12(14)10-13/h8-9,12-14H,2-7,10-11H2,1H3/b9-8+. The van der Waals surface area contributed by atoms with Gasteiger partial charge in [-0.2, -0.15) is 0 Å². The molecular weight excluding hydrogens is 192 g/mol. The summed E-state index contributed by atoms with van der Waals surface area (Å²) in [5.41, 5.74) is 0. The summed E-state index contributed by atoms with van der Waals surface area (Å²) in [5, 5.41) is 17.5. The minimum atomic E-state index is -0.765. The minimum Gasteiger partial charge on any atom is -0.499 e. The van der Waals surface area contributed by atoms with Crippen LogP contribution in [0, 0.1) is 0 Å². The van der Waals surface area contributed by atoms with Crippen molar-refractivity contribution >= 4 is 0 Å². The molecule has 2 N–H and O–H groups in total. The van der Waals surface area contributed by atoms with Gasteiger partial charge in [0.15, 0.2) is 0 Å². The molecule has 3 heteroatoms. The van der Waals surface area contributed by atoms with E-state index in [2.05, 4.69) is 6.92 Å². The van der Waals surface area contributed by atoms with Crippen molar-refractivity contribution in [3.63, 3.8) is 0 Å². The minimum absolute atomic E-state index is 0.169. The summed E-state index contributed by atoms with van der Waals surface area (Å²) in [7, 11) is 0. The fraction of sp³-hybridized carbons (Fsp3) is 0.833. The molecule has 0 spiro atoms. The molecular formula is C12H24O3. The van der Waals surface area contributed by atoms with Gasteiger partial charge in [0.05, 0.1) is 12.9 Å². The number of aliphatic hydroxyl groups excluding tert-OH is 2. The Kier molecular flexibility index (Phi) is 11.1. The SMILES string of the molecule is CCCCCCC/C=C/OCC(O)CO. The fourth-order valence-electron chi connectivity index (χ4n) is 1.22. The van der Waals surface area contributed by atoms with Gasteiger partial charge >= 0.3 is 0 Å². The molecule has 15 heavy (non-hydrogen) atoms. The first-order valence-corrected chi connectivity index (χ1v) is 5.86. The van der Waals surface area contributed by atoms with Crippen LogP contribution in [-0.2, 0) is 4.74 Å². The van der Waals surface area contributed by atoms with E-state index < -0.39 is 6.10 Å². The Bertz CT molecular complexity index is 146. The normalized spacial score (nSPS) is 13.3. The van der Waals surface area contributed by atoms with Crippen LogP contribution in [0.2, 0.25) is 0 Å². The van der Waals surface area contributed by atoms with E-state index in [0.717, 1.165) is 6.42 Å². The molecule has 0 aliphatic carbocycles. The summed E-state index contributed by atoms with van der Waals surface area (Å²) in [5.74, 6) is 0. The van der Waals surface area contributed by atoms with Crippen LogP contribution in [0.4, 0.5) is 0 Å². The Labute approximate surface area is 92.8 Å². The van der Waals surface area contributed by atoms with Gasteiger partial charge in [0, 0.05) is 0 Å². The third-order valence-electron chi connectivity index (χ3n) is 2.17. The Morgan fingerprint density at radius 3 is 2.60 bits per heavy atom. The van der Waals surface area contributed by atoms with Crippen LogP contribution in [-0.4, -0.2) is 29.5 Å². The molecule has 0 radical (unpaired) electrons. The maximum atomic E-state index is 8.95. The van der Waals surface area contributed by atoms with Gasteiger partial charge in [0.1, 0.15) is 12.7 Å². The topological polar surface area (TPSA) is 49.7 Å². The van der Waals surface area contributed by atoms with Crippen molar-refractivity contribution in [1.82, 2.24) is 0 Å². The van der Waals surface area contributed by atoms with E-state index in [1.54, 1.807) is 6.26 Å². The van der Waals surface area contributed by atoms with Crippen molar-refractivity contribution in [3.05, 3.63) is 12.3 Å². The van der Waals surface area contributed by atoms with Crippen LogP contribution in [0.5, 0.6) is 0 Å². The van der Waals surface area contributed by atoms with Crippen LogP contribution in [0.25, 0.3) is 0 Å². The predicted octanol–water partition coefficient (Wildman–Crippen LogP) is 2.23. The first-order valence-electron chi connectivity index (χ1n) is 5.86. The summed E-state index contributed by atoms with van der Waals surface area (Å²) in [6, 6.07) is 0. The summed E-state index contributed by atoms with van der Waals surface area (Å²) in [4.78, 5) is 0. The number of unbranched alkanes of at least 4 members (excludes halogenated alkanes) is 5. The number of allylic oxidation sites excluding steroid dienone is 1. The van der Waals surface area contributed by atoms with E-state index in [1.165, 1.54) is 32.1 Å². The van der Waals surface area contributed by atoms with Crippen LogP contribution in [0.3, 0.4) is 0 Å². The summed E-state index contributed by atoms with van der Waals surface area (Å²) in [6.45, 7) is 2.13. The number of ether oxygens (including phenoxy) is 1. The van der Waals surface area contributed by atoms with Crippen LogP contribution < -0.4 is 0 Å². The molecule has 0 saturated carbocycles. The van der Waals surface area contributed by atoms with Crippen molar-refractivity contribution in [2.45, 2.75) is 51.6 Å². The zero-order valence-corrected chi connectivity index (χ0v) is 9.69. The lowest BCUT2D eigenvalue weighted by molar-refractivity contribution is 0.0383. The second-order valence-electron chi connectivity index (χ2n) is 3.74. The van der Waals surface area contributed by atoms with E-state index in [1.807, 2.05) is 6.08 Å². The zero-order valence-electron chi connectivity index (χ0n) is 9.69. The van der Waals surface area contributed by atoms with E-state index in [0.29, 0.717) is 0 Å². The highest BCUT2D eigenvalue weighted by Crippen LogP contribution is 2.05. The lowest BCUT2D eigenvalue weighted by Crippen LogP contribution is -2.17. The molecule has 90 valence electrons. The fourth-order valence-corrected chi connectivity index (χ4v) is 1.22. The third-order valence-corrected chi connectivity index (χ3v) is 2.17. The molecule has 1 unspecified atom stereocenters. The Hall–Kier alpha value is -0.540. The molecule has 0 rings (SSSR count). The molecule has 0 aromatic carbocycles. The van der Waals surface area contributed by atoms with Gasteiger partial charge < -0.3 is 14.9 Å². The van der Waals surface area contributed by atoms with Gasteiger partial charge in [0.2, 0.25) is 0 Å². The van der Waals surface area contributed by atoms with E-state index >= 15 is 0 Å². The first-order chi connectivity index (χ1) is 7.31. The molecule has 0 aromatic rings. The van der Waals surface area contributed by atoms with Gasteiger partial charge in [0.25, 0.3) is 0 Å². The quantitative estimate of drug-likeness (QED) is 0.435. The second-order valence-corrected chi connectivity index (χ2v) is 3.74. The van der Waals surface area contributed by atoms with Crippen LogP contribution >= 0.6 is 0 Å². The average molecular weight is 216 g/mol. The maximum Gasteiger partial charge on any atom is 0.115 e. The Morgan fingerprint density at radius 2 is 1.93 bits per heavy atom. The smallest absolute Gasteiger partial charge is 0.115 e. The van der Waals surface area contributed by atoms with Gasteiger partial charge in [-0.25, -0.2) is 0 Å². The lowest BCUT2D eigenvalue weighted by atomic mass is 10.1. The zero-order chi connectivity index (χ0) is 11.4. The predicted molar refractivity (Wildman–Crippen MR) is 61.6 cm³/mol. The van der Waals surface area contributed by atoms with Gasteiger partial charge in [-0.3, -0.25) is 0 Å². The van der Waals surface area contributed by atoms with Crippen molar-refractivity contribution < 1.29 is 14.9 Å². The second kappa shape index (κ2) is 11.5. The van der Waals surface area contributed by atoms with Crippen LogP contribution in [0.1, 0.15) is 45.4 Å². The molecule has 0 aliphatic rings. The van der Waals surface area contributed by atoms with Crippen molar-refractivity contribution in [3.8, 4) is 0 Å². The van der Waals surface area contributed by atoms with Crippen molar-refractivity contribution in [2.24, 2.45) is 0 Å².